The summed E-state index contributed by atoms with van der Waals surface area (Å²) in [6, 6.07) is 14.5. The summed E-state index contributed by atoms with van der Waals surface area (Å²) in [6.45, 7) is 4.49. The fraction of sp³-hybridized carbons (Fsp3) is 0.333. The highest BCUT2D eigenvalue weighted by atomic mass is 16.5. The Balaban J connectivity index is 1.72. The molecule has 3 rings (SSSR count). The monoisotopic (exact) mass is 268 g/mol. The van der Waals surface area contributed by atoms with Crippen molar-refractivity contribution in [3.05, 3.63) is 64.7 Å². The van der Waals surface area contributed by atoms with Gasteiger partial charge in [-0.2, -0.15) is 0 Å². The van der Waals surface area contributed by atoms with Gasteiger partial charge in [-0.3, -0.25) is 0 Å². The number of benzene rings is 2. The fourth-order valence-electron chi connectivity index (χ4n) is 2.81. The van der Waals surface area contributed by atoms with Crippen LogP contribution in [0.4, 0.5) is 0 Å². The van der Waals surface area contributed by atoms with Crippen molar-refractivity contribution < 1.29 is 9.84 Å². The van der Waals surface area contributed by atoms with Gasteiger partial charge in [0.15, 0.2) is 0 Å². The second kappa shape index (κ2) is 5.29. The molecule has 0 radical (unpaired) electrons. The summed E-state index contributed by atoms with van der Waals surface area (Å²) >= 11 is 0. The van der Waals surface area contributed by atoms with E-state index in [4.69, 9.17) is 4.74 Å². The molecule has 2 nitrogen and oxygen atoms in total. The van der Waals surface area contributed by atoms with Crippen LogP contribution in [0, 0.1) is 6.92 Å². The highest BCUT2D eigenvalue weighted by molar-refractivity contribution is 5.41. The van der Waals surface area contributed by atoms with Crippen molar-refractivity contribution >= 4 is 0 Å². The molecule has 0 fully saturated rings. The van der Waals surface area contributed by atoms with E-state index >= 15 is 0 Å². The van der Waals surface area contributed by atoms with Crippen molar-refractivity contribution in [2.24, 2.45) is 0 Å². The molecule has 1 aliphatic rings. The molecule has 0 aromatic heterocycles. The molecule has 104 valence electrons. The van der Waals surface area contributed by atoms with Crippen LogP contribution in [0.3, 0.4) is 0 Å². The van der Waals surface area contributed by atoms with E-state index in [-0.39, 0.29) is 0 Å². The van der Waals surface area contributed by atoms with E-state index < -0.39 is 6.10 Å². The Labute approximate surface area is 120 Å². The van der Waals surface area contributed by atoms with Crippen LogP contribution in [0.1, 0.15) is 41.2 Å². The number of hydrogen-bond donors (Lipinski definition) is 1. The number of aliphatic hydroxyl groups is 1. The van der Waals surface area contributed by atoms with Crippen molar-refractivity contribution in [3.63, 3.8) is 0 Å². The van der Waals surface area contributed by atoms with Crippen molar-refractivity contribution in [2.45, 2.75) is 32.3 Å². The standard InChI is InChI=1S/C18H20O2/c1-12-7-8-16(13(2)19)18(9-12)20-11-15-10-14-5-3-4-6-17(14)15/h3-9,13,15,19H,10-11H2,1-2H3/t13-,15?/m0/s1. The lowest BCUT2D eigenvalue weighted by atomic mass is 9.78. The van der Waals surface area contributed by atoms with E-state index in [9.17, 15) is 5.11 Å². The fourth-order valence-corrected chi connectivity index (χ4v) is 2.81. The molecule has 20 heavy (non-hydrogen) atoms. The summed E-state index contributed by atoms with van der Waals surface area (Å²) in [5, 5.41) is 9.81. The van der Waals surface area contributed by atoms with E-state index in [1.165, 1.54) is 11.1 Å². The van der Waals surface area contributed by atoms with Crippen LogP contribution >= 0.6 is 0 Å². The molecule has 0 bridgehead atoms. The SMILES string of the molecule is Cc1ccc([C@H](C)O)c(OCC2Cc3ccccc32)c1. The number of fused-ring (bicyclic) bond motifs is 1. The Bertz CT molecular complexity index is 617. The number of ether oxygens (including phenoxy) is 1. The van der Waals surface area contributed by atoms with Crippen LogP contribution in [-0.4, -0.2) is 11.7 Å². The van der Waals surface area contributed by atoms with Gasteiger partial charge >= 0.3 is 0 Å². The first-order valence-electron chi connectivity index (χ1n) is 7.14. The van der Waals surface area contributed by atoms with Gasteiger partial charge in [-0.25, -0.2) is 0 Å². The van der Waals surface area contributed by atoms with E-state index in [1.54, 1.807) is 6.92 Å². The van der Waals surface area contributed by atoms with E-state index in [0.717, 1.165) is 23.3 Å². The maximum Gasteiger partial charge on any atom is 0.125 e. The molecule has 2 heteroatoms. The van der Waals surface area contributed by atoms with Crippen LogP contribution in [-0.2, 0) is 6.42 Å². The van der Waals surface area contributed by atoms with Gasteiger partial charge in [-0.15, -0.1) is 0 Å². The molecule has 0 amide bonds. The van der Waals surface area contributed by atoms with Crippen LogP contribution < -0.4 is 4.74 Å². The Morgan fingerprint density at radius 3 is 2.80 bits per heavy atom. The van der Waals surface area contributed by atoms with Crippen molar-refractivity contribution in [2.75, 3.05) is 6.61 Å². The molecule has 2 aromatic carbocycles. The third kappa shape index (κ3) is 2.44. The van der Waals surface area contributed by atoms with E-state index in [1.807, 2.05) is 25.1 Å². The lowest BCUT2D eigenvalue weighted by Crippen LogP contribution is -2.23. The third-order valence-corrected chi connectivity index (χ3v) is 4.02. The van der Waals surface area contributed by atoms with Crippen LogP contribution in [0.15, 0.2) is 42.5 Å². The molecular weight excluding hydrogens is 248 g/mol. The average molecular weight is 268 g/mol. The highest BCUT2D eigenvalue weighted by Crippen LogP contribution is 2.36. The van der Waals surface area contributed by atoms with E-state index in [0.29, 0.717) is 12.5 Å². The molecule has 1 aliphatic carbocycles. The van der Waals surface area contributed by atoms with E-state index in [2.05, 4.69) is 24.3 Å². The number of hydrogen-bond acceptors (Lipinski definition) is 2. The molecule has 2 aromatic rings. The van der Waals surface area contributed by atoms with Crippen molar-refractivity contribution in [1.82, 2.24) is 0 Å². The molecule has 2 atom stereocenters. The van der Waals surface area contributed by atoms with Crippen LogP contribution in [0.2, 0.25) is 0 Å². The van der Waals surface area contributed by atoms with Gasteiger partial charge in [-0.05, 0) is 43.0 Å². The average Bonchev–Trinajstić information content (AvgIpc) is 2.39. The molecule has 1 N–H and O–H groups in total. The molecule has 0 saturated heterocycles. The second-order valence-corrected chi connectivity index (χ2v) is 5.63. The predicted octanol–water partition coefficient (Wildman–Crippen LogP) is 3.77. The maximum absolute atomic E-state index is 9.81. The highest BCUT2D eigenvalue weighted by Gasteiger charge is 2.26. The minimum Gasteiger partial charge on any atom is -0.493 e. The zero-order chi connectivity index (χ0) is 14.1. The molecule has 0 saturated carbocycles. The second-order valence-electron chi connectivity index (χ2n) is 5.63. The lowest BCUT2D eigenvalue weighted by Gasteiger charge is -2.30. The van der Waals surface area contributed by atoms with Gasteiger partial charge in [0.1, 0.15) is 5.75 Å². The first-order chi connectivity index (χ1) is 9.65. The quantitative estimate of drug-likeness (QED) is 0.914. The summed E-state index contributed by atoms with van der Waals surface area (Å²) in [5.74, 6) is 1.29. The summed E-state index contributed by atoms with van der Waals surface area (Å²) in [5.41, 5.74) is 4.85. The summed E-state index contributed by atoms with van der Waals surface area (Å²) in [7, 11) is 0. The lowest BCUT2D eigenvalue weighted by molar-refractivity contribution is 0.188. The Morgan fingerprint density at radius 1 is 1.25 bits per heavy atom. The Morgan fingerprint density at radius 2 is 2.05 bits per heavy atom. The van der Waals surface area contributed by atoms with Gasteiger partial charge < -0.3 is 9.84 Å². The van der Waals surface area contributed by atoms with Gasteiger partial charge in [-0.1, -0.05) is 36.4 Å². The summed E-state index contributed by atoms with van der Waals surface area (Å²) in [4.78, 5) is 0. The zero-order valence-corrected chi connectivity index (χ0v) is 12.0. The summed E-state index contributed by atoms with van der Waals surface area (Å²) < 4.78 is 5.98. The van der Waals surface area contributed by atoms with Crippen molar-refractivity contribution in [1.29, 1.82) is 0 Å². The van der Waals surface area contributed by atoms with Gasteiger partial charge in [0, 0.05) is 11.5 Å². The Kier molecular flexibility index (Phi) is 3.49. The topological polar surface area (TPSA) is 29.5 Å². The van der Waals surface area contributed by atoms with Gasteiger partial charge in [0.05, 0.1) is 12.7 Å². The minimum absolute atomic E-state index is 0.480. The molecule has 1 unspecified atom stereocenters. The smallest absolute Gasteiger partial charge is 0.125 e. The number of aliphatic hydroxyl groups excluding tert-OH is 1. The molecule has 0 aliphatic heterocycles. The first kappa shape index (κ1) is 13.2. The minimum atomic E-state index is -0.501. The summed E-state index contributed by atoms with van der Waals surface area (Å²) in [6.07, 6.45) is 0.589. The normalized spacial score (nSPS) is 18.1. The molecule has 0 heterocycles. The number of aryl methyl sites for hydroxylation is 1. The predicted molar refractivity (Wildman–Crippen MR) is 80.2 cm³/mol. The first-order valence-corrected chi connectivity index (χ1v) is 7.14. The third-order valence-electron chi connectivity index (χ3n) is 4.02. The zero-order valence-electron chi connectivity index (χ0n) is 12.0. The number of rotatable bonds is 4. The maximum atomic E-state index is 9.81. The van der Waals surface area contributed by atoms with Crippen LogP contribution in [0.25, 0.3) is 0 Å². The van der Waals surface area contributed by atoms with Crippen LogP contribution in [0.5, 0.6) is 5.75 Å². The largest absolute Gasteiger partial charge is 0.493 e. The van der Waals surface area contributed by atoms with Crippen molar-refractivity contribution in [3.8, 4) is 5.75 Å². The Hall–Kier alpha value is -1.80. The van der Waals surface area contributed by atoms with Gasteiger partial charge in [0.2, 0.25) is 0 Å². The molecule has 0 spiro atoms. The van der Waals surface area contributed by atoms with Gasteiger partial charge in [0.25, 0.3) is 0 Å². The molecular formula is C18H20O2.